The molecule has 0 aliphatic carbocycles. The van der Waals surface area contributed by atoms with Gasteiger partial charge in [-0.3, -0.25) is 4.79 Å². The van der Waals surface area contributed by atoms with Crippen LogP contribution in [0.1, 0.15) is 23.2 Å². The Hall–Kier alpha value is -1.30. The van der Waals surface area contributed by atoms with Crippen molar-refractivity contribution in [3.8, 4) is 0 Å². The molecule has 0 fully saturated rings. The summed E-state index contributed by atoms with van der Waals surface area (Å²) >= 11 is 3.29. The predicted molar refractivity (Wildman–Crippen MR) is 67.0 cm³/mol. The van der Waals surface area contributed by atoms with Crippen molar-refractivity contribution in [1.29, 1.82) is 0 Å². The van der Waals surface area contributed by atoms with Crippen molar-refractivity contribution in [2.75, 3.05) is 14.1 Å². The van der Waals surface area contributed by atoms with Crippen molar-refractivity contribution in [3.05, 3.63) is 22.4 Å². The van der Waals surface area contributed by atoms with Gasteiger partial charge in [0, 0.05) is 33.3 Å². The quantitative estimate of drug-likeness (QED) is 0.902. The molecule has 1 rings (SSSR count). The van der Waals surface area contributed by atoms with Crippen LogP contribution in [0.25, 0.3) is 0 Å². The zero-order chi connectivity index (χ0) is 13.0. The van der Waals surface area contributed by atoms with Gasteiger partial charge in [0.15, 0.2) is 0 Å². The third-order valence-corrected chi connectivity index (χ3v) is 3.06. The summed E-state index contributed by atoms with van der Waals surface area (Å²) in [4.78, 5) is 23.6. The molecule has 0 bridgehead atoms. The molecule has 1 aromatic heterocycles. The first-order chi connectivity index (χ1) is 7.91. The lowest BCUT2D eigenvalue weighted by Gasteiger charge is -2.10. The molecular weight excluding hydrogens is 288 g/mol. The highest BCUT2D eigenvalue weighted by Crippen LogP contribution is 2.16. The normalized spacial score (nSPS) is 10.3. The van der Waals surface area contributed by atoms with Crippen molar-refractivity contribution < 1.29 is 14.7 Å². The van der Waals surface area contributed by atoms with Gasteiger partial charge in [-0.2, -0.15) is 0 Å². The summed E-state index contributed by atoms with van der Waals surface area (Å²) in [5.74, 6) is -0.874. The van der Waals surface area contributed by atoms with Crippen LogP contribution in [-0.2, 0) is 11.3 Å². The molecule has 1 N–H and O–H groups in total. The van der Waals surface area contributed by atoms with Crippen molar-refractivity contribution >= 4 is 27.8 Å². The summed E-state index contributed by atoms with van der Waals surface area (Å²) < 4.78 is 2.50. The molecule has 0 unspecified atom stereocenters. The molecule has 1 amide bonds. The van der Waals surface area contributed by atoms with E-state index in [0.717, 1.165) is 0 Å². The topological polar surface area (TPSA) is 62.5 Å². The second-order valence-corrected chi connectivity index (χ2v) is 4.75. The zero-order valence-corrected chi connectivity index (χ0v) is 11.4. The minimum Gasteiger partial charge on any atom is -0.478 e. The van der Waals surface area contributed by atoms with Crippen LogP contribution in [0.2, 0.25) is 0 Å². The standard InChI is InChI=1S/C11H15BrN2O3/c1-13(2)10(15)4-3-5-14-7-8(11(16)17)6-9(14)12/h6-7H,3-5H2,1-2H3,(H,16,17). The third-order valence-electron chi connectivity index (χ3n) is 2.38. The van der Waals surface area contributed by atoms with Crippen LogP contribution in [0.15, 0.2) is 16.9 Å². The molecule has 1 aromatic rings. The maximum atomic E-state index is 11.3. The zero-order valence-electron chi connectivity index (χ0n) is 9.81. The number of halogens is 1. The Morgan fingerprint density at radius 2 is 2.12 bits per heavy atom. The number of carbonyl (C=O) groups is 2. The van der Waals surface area contributed by atoms with Crippen LogP contribution >= 0.6 is 15.9 Å². The summed E-state index contributed by atoms with van der Waals surface area (Å²) in [6.07, 6.45) is 2.70. The van der Waals surface area contributed by atoms with E-state index >= 15 is 0 Å². The molecule has 0 spiro atoms. The van der Waals surface area contributed by atoms with Gasteiger partial charge in [0.05, 0.1) is 10.2 Å². The van der Waals surface area contributed by atoms with Gasteiger partial charge in [0.1, 0.15) is 0 Å². The number of carbonyl (C=O) groups excluding carboxylic acids is 1. The summed E-state index contributed by atoms with van der Waals surface area (Å²) in [7, 11) is 3.44. The highest BCUT2D eigenvalue weighted by atomic mass is 79.9. The molecular formula is C11H15BrN2O3. The number of carboxylic acid groups (broad SMARTS) is 1. The van der Waals surface area contributed by atoms with Gasteiger partial charge in [0.2, 0.25) is 5.91 Å². The smallest absolute Gasteiger partial charge is 0.337 e. The lowest BCUT2D eigenvalue weighted by molar-refractivity contribution is -0.128. The number of nitrogens with zero attached hydrogens (tertiary/aromatic N) is 2. The van der Waals surface area contributed by atoms with E-state index in [2.05, 4.69) is 15.9 Å². The minimum atomic E-state index is -0.950. The van der Waals surface area contributed by atoms with Gasteiger partial charge in [-0.05, 0) is 28.4 Å². The van der Waals surface area contributed by atoms with E-state index < -0.39 is 5.97 Å². The van der Waals surface area contributed by atoms with Crippen molar-refractivity contribution in [2.24, 2.45) is 0 Å². The van der Waals surface area contributed by atoms with E-state index in [-0.39, 0.29) is 11.5 Å². The highest BCUT2D eigenvalue weighted by Gasteiger charge is 2.10. The summed E-state index contributed by atoms with van der Waals surface area (Å²) in [6, 6.07) is 1.55. The molecule has 0 aromatic carbocycles. The highest BCUT2D eigenvalue weighted by molar-refractivity contribution is 9.10. The van der Waals surface area contributed by atoms with E-state index in [1.54, 1.807) is 35.8 Å². The molecule has 94 valence electrons. The average molecular weight is 303 g/mol. The third kappa shape index (κ3) is 3.89. The first-order valence-corrected chi connectivity index (χ1v) is 6.00. The summed E-state index contributed by atoms with van der Waals surface area (Å²) in [5.41, 5.74) is 0.246. The Balaban J connectivity index is 2.52. The van der Waals surface area contributed by atoms with Gasteiger partial charge in [-0.1, -0.05) is 0 Å². The minimum absolute atomic E-state index is 0.0757. The van der Waals surface area contributed by atoms with E-state index in [9.17, 15) is 9.59 Å². The van der Waals surface area contributed by atoms with Gasteiger partial charge >= 0.3 is 5.97 Å². The SMILES string of the molecule is CN(C)C(=O)CCCn1cc(C(=O)O)cc1Br. The molecule has 17 heavy (non-hydrogen) atoms. The van der Waals surface area contributed by atoms with Crippen LogP contribution < -0.4 is 0 Å². The molecule has 0 radical (unpaired) electrons. The Labute approximate surface area is 108 Å². The van der Waals surface area contributed by atoms with Gasteiger partial charge in [-0.25, -0.2) is 4.79 Å². The summed E-state index contributed by atoms with van der Waals surface area (Å²) in [5, 5.41) is 8.81. The van der Waals surface area contributed by atoms with Crippen molar-refractivity contribution in [2.45, 2.75) is 19.4 Å². The maximum absolute atomic E-state index is 11.3. The largest absolute Gasteiger partial charge is 0.478 e. The van der Waals surface area contributed by atoms with Gasteiger partial charge < -0.3 is 14.6 Å². The summed E-state index contributed by atoms with van der Waals surface area (Å²) in [6.45, 7) is 0.618. The van der Waals surface area contributed by atoms with Gasteiger partial charge in [-0.15, -0.1) is 0 Å². The molecule has 0 saturated carbocycles. The number of aryl methyl sites for hydroxylation is 1. The van der Waals surface area contributed by atoms with Crippen molar-refractivity contribution in [1.82, 2.24) is 9.47 Å². The number of aromatic carboxylic acids is 1. The fraction of sp³-hybridized carbons (Fsp3) is 0.455. The first kappa shape index (κ1) is 13.8. The lowest BCUT2D eigenvalue weighted by atomic mass is 10.3. The Morgan fingerprint density at radius 1 is 1.47 bits per heavy atom. The predicted octanol–water partition coefficient (Wildman–Crippen LogP) is 1.82. The first-order valence-electron chi connectivity index (χ1n) is 5.21. The Morgan fingerprint density at radius 3 is 2.59 bits per heavy atom. The van der Waals surface area contributed by atoms with E-state index in [1.165, 1.54) is 0 Å². The van der Waals surface area contributed by atoms with Gasteiger partial charge in [0.25, 0.3) is 0 Å². The van der Waals surface area contributed by atoms with Crippen LogP contribution in [0.5, 0.6) is 0 Å². The van der Waals surface area contributed by atoms with Crippen LogP contribution in [-0.4, -0.2) is 40.5 Å². The maximum Gasteiger partial charge on any atom is 0.337 e. The fourth-order valence-corrected chi connectivity index (χ4v) is 1.92. The molecule has 0 aliphatic heterocycles. The number of rotatable bonds is 5. The number of hydrogen-bond acceptors (Lipinski definition) is 2. The molecule has 0 saturated heterocycles. The van der Waals surface area contributed by atoms with Crippen molar-refractivity contribution in [3.63, 3.8) is 0 Å². The van der Waals surface area contributed by atoms with E-state index in [0.29, 0.717) is 24.0 Å². The Kier molecular flexibility index (Phi) is 4.74. The fourth-order valence-electron chi connectivity index (χ4n) is 1.39. The number of carboxylic acids is 1. The monoisotopic (exact) mass is 302 g/mol. The van der Waals surface area contributed by atoms with Crippen LogP contribution in [0, 0.1) is 0 Å². The second kappa shape index (κ2) is 5.86. The second-order valence-electron chi connectivity index (χ2n) is 3.94. The average Bonchev–Trinajstić information content (AvgIpc) is 2.60. The molecule has 5 nitrogen and oxygen atoms in total. The van der Waals surface area contributed by atoms with Crippen LogP contribution in [0.4, 0.5) is 0 Å². The molecule has 1 heterocycles. The Bertz CT molecular complexity index is 426. The number of amides is 1. The van der Waals surface area contributed by atoms with Crippen LogP contribution in [0.3, 0.4) is 0 Å². The van der Waals surface area contributed by atoms with E-state index in [1.807, 2.05) is 0 Å². The number of hydrogen-bond donors (Lipinski definition) is 1. The molecule has 6 heteroatoms. The molecule has 0 aliphatic rings. The molecule has 0 atom stereocenters. The lowest BCUT2D eigenvalue weighted by Crippen LogP contribution is -2.21. The van der Waals surface area contributed by atoms with E-state index in [4.69, 9.17) is 5.11 Å². The number of aromatic nitrogens is 1.